The van der Waals surface area contributed by atoms with Gasteiger partial charge in [-0.1, -0.05) is 6.07 Å². The lowest BCUT2D eigenvalue weighted by Crippen LogP contribution is -2.37. The van der Waals surface area contributed by atoms with Crippen molar-refractivity contribution in [1.82, 2.24) is 9.55 Å². The molecule has 7 heteroatoms. The van der Waals surface area contributed by atoms with Crippen molar-refractivity contribution in [2.24, 2.45) is 0 Å². The maximum absolute atomic E-state index is 14.0. The Morgan fingerprint density at radius 3 is 2.88 bits per heavy atom. The molecule has 140 valence electrons. The van der Waals surface area contributed by atoms with Gasteiger partial charge in [0.25, 0.3) is 0 Å². The molecule has 0 fully saturated rings. The Hall–Kier alpha value is -2.43. The van der Waals surface area contributed by atoms with Crippen LogP contribution in [0.3, 0.4) is 0 Å². The van der Waals surface area contributed by atoms with E-state index in [1.54, 1.807) is 24.7 Å². The Bertz CT molecular complexity index is 713. The van der Waals surface area contributed by atoms with Crippen molar-refractivity contribution in [2.45, 2.75) is 39.0 Å². The molecule has 1 aromatic heterocycles. The number of nitriles is 1. The van der Waals surface area contributed by atoms with Gasteiger partial charge in [-0.3, -0.25) is 0 Å². The largest absolute Gasteiger partial charge is 0.389 e. The average Bonchev–Trinajstić information content (AvgIpc) is 3.12. The molecule has 1 heterocycles. The van der Waals surface area contributed by atoms with Crippen molar-refractivity contribution in [3.63, 3.8) is 0 Å². The zero-order valence-electron chi connectivity index (χ0n) is 15.2. The van der Waals surface area contributed by atoms with E-state index in [9.17, 15) is 14.8 Å². The predicted molar refractivity (Wildman–Crippen MR) is 97.3 cm³/mol. The summed E-state index contributed by atoms with van der Waals surface area (Å²) in [5.41, 5.74) is 0.480. The summed E-state index contributed by atoms with van der Waals surface area (Å²) in [5.74, 6) is -0.558. The highest BCUT2D eigenvalue weighted by atomic mass is 19.1. The Labute approximate surface area is 153 Å². The molecule has 26 heavy (non-hydrogen) atoms. The van der Waals surface area contributed by atoms with Crippen molar-refractivity contribution in [1.29, 1.82) is 5.26 Å². The van der Waals surface area contributed by atoms with Crippen molar-refractivity contribution in [3.8, 4) is 6.07 Å². The van der Waals surface area contributed by atoms with E-state index in [1.165, 1.54) is 6.07 Å². The molecule has 0 spiro atoms. The van der Waals surface area contributed by atoms with Gasteiger partial charge in [-0.2, -0.15) is 5.26 Å². The number of aliphatic hydroxyl groups excluding tert-OH is 1. The Morgan fingerprint density at radius 2 is 2.23 bits per heavy atom. The summed E-state index contributed by atoms with van der Waals surface area (Å²) in [7, 11) is 0. The van der Waals surface area contributed by atoms with Crippen molar-refractivity contribution in [2.75, 3.05) is 24.6 Å². The fourth-order valence-corrected chi connectivity index (χ4v) is 2.67. The quantitative estimate of drug-likeness (QED) is 0.705. The summed E-state index contributed by atoms with van der Waals surface area (Å²) >= 11 is 0. The lowest BCUT2D eigenvalue weighted by molar-refractivity contribution is 0.00886. The minimum absolute atomic E-state index is 0.00731. The molecule has 1 aromatic carbocycles. The fourth-order valence-electron chi connectivity index (χ4n) is 2.67. The van der Waals surface area contributed by atoms with E-state index in [-0.39, 0.29) is 24.8 Å². The van der Waals surface area contributed by atoms with E-state index < -0.39 is 11.9 Å². The van der Waals surface area contributed by atoms with Gasteiger partial charge in [0.15, 0.2) is 0 Å². The van der Waals surface area contributed by atoms with Gasteiger partial charge in [-0.25, -0.2) is 9.37 Å². The molecule has 2 aromatic rings. The molecule has 2 rings (SSSR count). The highest BCUT2D eigenvalue weighted by Gasteiger charge is 2.18. The van der Waals surface area contributed by atoms with Crippen LogP contribution in [0.5, 0.6) is 0 Å². The molecular weight excluding hydrogens is 335 g/mol. The maximum atomic E-state index is 14.0. The molecule has 0 saturated heterocycles. The van der Waals surface area contributed by atoms with E-state index in [2.05, 4.69) is 4.98 Å². The SMILES string of the molecule is CC(C)OCC(O)CN(CCCn1ccnc1)c1cccc(F)c1C#N. The normalized spacial score (nSPS) is 12.2. The Balaban J connectivity index is 2.10. The number of anilines is 1. The van der Waals surface area contributed by atoms with E-state index in [0.717, 1.165) is 13.0 Å². The number of rotatable bonds is 10. The summed E-state index contributed by atoms with van der Waals surface area (Å²) in [6.07, 6.45) is 5.36. The minimum atomic E-state index is -0.736. The molecule has 6 nitrogen and oxygen atoms in total. The molecule has 1 atom stereocenters. The minimum Gasteiger partial charge on any atom is -0.389 e. The molecule has 0 aliphatic heterocycles. The van der Waals surface area contributed by atoms with E-state index in [0.29, 0.717) is 12.2 Å². The molecular formula is C19H25FN4O2. The first-order valence-electron chi connectivity index (χ1n) is 8.70. The van der Waals surface area contributed by atoms with Gasteiger partial charge in [0.2, 0.25) is 0 Å². The maximum Gasteiger partial charge on any atom is 0.143 e. The molecule has 0 aliphatic rings. The number of benzene rings is 1. The van der Waals surface area contributed by atoms with Gasteiger partial charge >= 0.3 is 0 Å². The van der Waals surface area contributed by atoms with Gasteiger partial charge in [0.05, 0.1) is 30.8 Å². The molecule has 0 radical (unpaired) electrons. The number of aromatic nitrogens is 2. The smallest absolute Gasteiger partial charge is 0.143 e. The molecule has 1 N–H and O–H groups in total. The number of hydrogen-bond acceptors (Lipinski definition) is 5. The summed E-state index contributed by atoms with van der Waals surface area (Å²) in [6.45, 7) is 5.55. The first-order valence-corrected chi connectivity index (χ1v) is 8.70. The topological polar surface area (TPSA) is 74.3 Å². The molecule has 0 saturated carbocycles. The van der Waals surface area contributed by atoms with Gasteiger partial charge in [0, 0.05) is 32.0 Å². The van der Waals surface area contributed by atoms with Crippen LogP contribution in [-0.4, -0.2) is 46.6 Å². The zero-order chi connectivity index (χ0) is 18.9. The standard InChI is InChI=1S/C19H25FN4O2/c1-15(2)26-13-16(25)12-24(9-4-8-23-10-7-22-14-23)19-6-3-5-18(20)17(19)11-21/h3,5-7,10,14-16,25H,4,8-9,12-13H2,1-2H3. The number of aliphatic hydroxyl groups is 1. The van der Waals surface area contributed by atoms with Crippen LogP contribution >= 0.6 is 0 Å². The van der Waals surface area contributed by atoms with E-state index >= 15 is 0 Å². The number of ether oxygens (including phenoxy) is 1. The van der Waals surface area contributed by atoms with Crippen LogP contribution < -0.4 is 4.90 Å². The fraction of sp³-hybridized carbons (Fsp3) is 0.474. The van der Waals surface area contributed by atoms with Gasteiger partial charge in [0.1, 0.15) is 17.4 Å². The van der Waals surface area contributed by atoms with Gasteiger partial charge in [-0.05, 0) is 32.4 Å². The number of imidazole rings is 1. The third kappa shape index (κ3) is 5.83. The lowest BCUT2D eigenvalue weighted by Gasteiger charge is -2.28. The van der Waals surface area contributed by atoms with Crippen molar-refractivity contribution < 1.29 is 14.2 Å². The third-order valence-electron chi connectivity index (χ3n) is 3.90. The highest BCUT2D eigenvalue weighted by molar-refractivity contribution is 5.60. The van der Waals surface area contributed by atoms with Gasteiger partial charge < -0.3 is 19.3 Å². The van der Waals surface area contributed by atoms with E-state index in [4.69, 9.17) is 4.74 Å². The average molecular weight is 360 g/mol. The first-order chi connectivity index (χ1) is 12.5. The zero-order valence-corrected chi connectivity index (χ0v) is 15.2. The summed E-state index contributed by atoms with van der Waals surface area (Å²) < 4.78 is 21.4. The highest BCUT2D eigenvalue weighted by Crippen LogP contribution is 2.23. The predicted octanol–water partition coefficient (Wildman–Crippen LogP) is 2.58. The van der Waals surface area contributed by atoms with Crippen LogP contribution in [-0.2, 0) is 11.3 Å². The first kappa shape index (κ1) is 19.9. The molecule has 0 aliphatic carbocycles. The second-order valence-corrected chi connectivity index (χ2v) is 6.38. The van der Waals surface area contributed by atoms with Crippen LogP contribution in [0.2, 0.25) is 0 Å². The molecule has 0 amide bonds. The Morgan fingerprint density at radius 1 is 1.42 bits per heavy atom. The number of hydrogen-bond donors (Lipinski definition) is 1. The van der Waals surface area contributed by atoms with Crippen molar-refractivity contribution >= 4 is 5.69 Å². The van der Waals surface area contributed by atoms with Crippen LogP contribution in [0, 0.1) is 17.1 Å². The van der Waals surface area contributed by atoms with Crippen LogP contribution in [0.25, 0.3) is 0 Å². The second-order valence-electron chi connectivity index (χ2n) is 6.38. The lowest BCUT2D eigenvalue weighted by atomic mass is 10.1. The third-order valence-corrected chi connectivity index (χ3v) is 3.90. The number of nitrogens with zero attached hydrogens (tertiary/aromatic N) is 4. The molecule has 1 unspecified atom stereocenters. The number of halogens is 1. The Kier molecular flexibility index (Phi) is 7.57. The monoisotopic (exact) mass is 360 g/mol. The van der Waals surface area contributed by atoms with Crippen molar-refractivity contribution in [3.05, 3.63) is 48.3 Å². The van der Waals surface area contributed by atoms with Crippen LogP contribution in [0.4, 0.5) is 10.1 Å². The van der Waals surface area contributed by atoms with E-state index in [1.807, 2.05) is 35.6 Å². The van der Waals surface area contributed by atoms with Crippen LogP contribution in [0.15, 0.2) is 36.9 Å². The van der Waals surface area contributed by atoms with Crippen LogP contribution in [0.1, 0.15) is 25.8 Å². The summed E-state index contributed by atoms with van der Waals surface area (Å²) in [5, 5.41) is 19.6. The number of aryl methyl sites for hydroxylation is 1. The summed E-state index contributed by atoms with van der Waals surface area (Å²) in [6, 6.07) is 6.47. The summed E-state index contributed by atoms with van der Waals surface area (Å²) in [4.78, 5) is 5.85. The molecule has 0 bridgehead atoms. The van der Waals surface area contributed by atoms with Gasteiger partial charge in [-0.15, -0.1) is 0 Å². The second kappa shape index (κ2) is 9.90.